The van der Waals surface area contributed by atoms with Crippen molar-refractivity contribution < 1.29 is 4.79 Å². The van der Waals surface area contributed by atoms with Crippen LogP contribution in [0, 0.1) is 19.8 Å². The number of amides is 1. The van der Waals surface area contributed by atoms with E-state index < -0.39 is 0 Å². The Labute approximate surface area is 199 Å². The summed E-state index contributed by atoms with van der Waals surface area (Å²) in [5, 5.41) is 16.2. The smallest absolute Gasteiger partial charge is 0.228 e. The van der Waals surface area contributed by atoms with Gasteiger partial charge in [-0.2, -0.15) is 5.10 Å². The topological polar surface area (TPSA) is 105 Å². The SMILES string of the molecule is Cc1cc(C)n(-c2ccc(N3CCC(C(=O)Nc4cc(N5CCCCC5)ncn4)CC3)nn2)n1. The van der Waals surface area contributed by atoms with E-state index in [0.717, 1.165) is 62.0 Å². The minimum absolute atomic E-state index is 0.0221. The largest absolute Gasteiger partial charge is 0.356 e. The predicted octanol–water partition coefficient (Wildman–Crippen LogP) is 2.91. The van der Waals surface area contributed by atoms with Crippen LogP contribution in [0.1, 0.15) is 43.5 Å². The zero-order valence-corrected chi connectivity index (χ0v) is 19.8. The lowest BCUT2D eigenvalue weighted by Gasteiger charge is -2.31. The number of anilines is 3. The Morgan fingerprint density at radius 1 is 0.882 bits per heavy atom. The molecule has 1 amide bonds. The normalized spacial score (nSPS) is 17.1. The molecule has 0 saturated carbocycles. The van der Waals surface area contributed by atoms with Gasteiger partial charge in [-0.3, -0.25) is 4.79 Å². The molecule has 3 aromatic rings. The number of piperidine rings is 2. The molecule has 0 radical (unpaired) electrons. The standard InChI is InChI=1S/C24H31N9O/c1-17-14-18(2)33(30-17)22-7-6-21(28-29-22)32-12-8-19(9-13-32)24(34)27-20-15-23(26-16-25-20)31-10-4-3-5-11-31/h6-7,14-16,19H,3-5,8-13H2,1-2H3,(H,25,26,27,34). The van der Waals surface area contributed by atoms with Crippen LogP contribution in [-0.4, -0.2) is 62.0 Å². The van der Waals surface area contributed by atoms with E-state index in [4.69, 9.17) is 0 Å². The molecule has 2 aliphatic heterocycles. The molecular formula is C24H31N9O. The molecule has 34 heavy (non-hydrogen) atoms. The van der Waals surface area contributed by atoms with Gasteiger partial charge in [0, 0.05) is 43.9 Å². The van der Waals surface area contributed by atoms with Gasteiger partial charge in [-0.1, -0.05) is 0 Å². The molecule has 5 rings (SSSR count). The highest BCUT2D eigenvalue weighted by molar-refractivity contribution is 5.92. The van der Waals surface area contributed by atoms with Crippen LogP contribution in [0.4, 0.5) is 17.5 Å². The number of hydrogen-bond acceptors (Lipinski definition) is 8. The third-order valence-electron chi connectivity index (χ3n) is 6.64. The second kappa shape index (κ2) is 9.74. The van der Waals surface area contributed by atoms with Gasteiger partial charge < -0.3 is 15.1 Å². The van der Waals surface area contributed by atoms with Crippen molar-refractivity contribution in [2.45, 2.75) is 46.0 Å². The van der Waals surface area contributed by atoms with Gasteiger partial charge in [0.1, 0.15) is 18.0 Å². The lowest BCUT2D eigenvalue weighted by molar-refractivity contribution is -0.120. The highest BCUT2D eigenvalue weighted by Crippen LogP contribution is 2.24. The van der Waals surface area contributed by atoms with Gasteiger partial charge in [0.25, 0.3) is 0 Å². The fraction of sp³-hybridized carbons (Fsp3) is 0.500. The van der Waals surface area contributed by atoms with Crippen molar-refractivity contribution in [1.82, 2.24) is 29.9 Å². The van der Waals surface area contributed by atoms with Crippen LogP contribution in [0.3, 0.4) is 0 Å². The number of carbonyl (C=O) groups excluding carboxylic acids is 1. The molecule has 3 aromatic heterocycles. The van der Waals surface area contributed by atoms with Gasteiger partial charge in [-0.25, -0.2) is 14.6 Å². The van der Waals surface area contributed by atoms with Gasteiger partial charge in [0.05, 0.1) is 5.69 Å². The third kappa shape index (κ3) is 4.85. The number of nitrogens with one attached hydrogen (secondary N) is 1. The van der Waals surface area contributed by atoms with Crippen LogP contribution in [0.25, 0.3) is 5.82 Å². The van der Waals surface area contributed by atoms with E-state index in [1.165, 1.54) is 25.6 Å². The lowest BCUT2D eigenvalue weighted by Crippen LogP contribution is -2.38. The average molecular weight is 462 g/mol. The van der Waals surface area contributed by atoms with E-state index in [-0.39, 0.29) is 11.8 Å². The summed E-state index contributed by atoms with van der Waals surface area (Å²) >= 11 is 0. The maximum absolute atomic E-state index is 12.9. The fourth-order valence-corrected chi connectivity index (χ4v) is 4.77. The number of nitrogens with zero attached hydrogens (tertiary/aromatic N) is 8. The van der Waals surface area contributed by atoms with Crippen molar-refractivity contribution in [2.75, 3.05) is 41.3 Å². The summed E-state index contributed by atoms with van der Waals surface area (Å²) in [5.41, 5.74) is 1.98. The summed E-state index contributed by atoms with van der Waals surface area (Å²) in [5.74, 6) is 2.97. The highest BCUT2D eigenvalue weighted by Gasteiger charge is 2.26. The molecular weight excluding hydrogens is 430 g/mol. The molecule has 0 aromatic carbocycles. The molecule has 2 saturated heterocycles. The minimum Gasteiger partial charge on any atom is -0.356 e. The Kier molecular flexibility index (Phi) is 6.37. The van der Waals surface area contributed by atoms with E-state index in [9.17, 15) is 4.79 Å². The number of aromatic nitrogens is 6. The first-order valence-electron chi connectivity index (χ1n) is 12.1. The summed E-state index contributed by atoms with van der Waals surface area (Å²) < 4.78 is 1.80. The van der Waals surface area contributed by atoms with E-state index in [0.29, 0.717) is 11.6 Å². The van der Waals surface area contributed by atoms with Crippen LogP contribution in [0.2, 0.25) is 0 Å². The third-order valence-corrected chi connectivity index (χ3v) is 6.64. The molecule has 2 aliphatic rings. The van der Waals surface area contributed by atoms with Crippen molar-refractivity contribution >= 4 is 23.4 Å². The highest BCUT2D eigenvalue weighted by atomic mass is 16.2. The minimum atomic E-state index is -0.0495. The quantitative estimate of drug-likeness (QED) is 0.618. The molecule has 10 nitrogen and oxygen atoms in total. The molecule has 2 fully saturated rings. The number of carbonyl (C=O) groups is 1. The van der Waals surface area contributed by atoms with Crippen LogP contribution in [-0.2, 0) is 4.79 Å². The van der Waals surface area contributed by atoms with Crippen LogP contribution in [0.15, 0.2) is 30.6 Å². The monoisotopic (exact) mass is 461 g/mol. The fourth-order valence-electron chi connectivity index (χ4n) is 4.77. The molecule has 0 unspecified atom stereocenters. The Hall–Kier alpha value is -3.56. The first-order valence-corrected chi connectivity index (χ1v) is 12.1. The van der Waals surface area contributed by atoms with Crippen molar-refractivity contribution in [2.24, 2.45) is 5.92 Å². The van der Waals surface area contributed by atoms with E-state index in [1.807, 2.05) is 38.1 Å². The number of rotatable bonds is 5. The molecule has 0 aliphatic carbocycles. The molecule has 10 heteroatoms. The van der Waals surface area contributed by atoms with Crippen molar-refractivity contribution in [3.63, 3.8) is 0 Å². The first-order chi connectivity index (χ1) is 16.6. The number of hydrogen-bond donors (Lipinski definition) is 1. The lowest BCUT2D eigenvalue weighted by atomic mass is 9.96. The van der Waals surface area contributed by atoms with Gasteiger partial charge in [0.15, 0.2) is 11.6 Å². The van der Waals surface area contributed by atoms with E-state index >= 15 is 0 Å². The second-order valence-corrected chi connectivity index (χ2v) is 9.15. The average Bonchev–Trinajstić information content (AvgIpc) is 3.22. The van der Waals surface area contributed by atoms with Crippen LogP contribution < -0.4 is 15.1 Å². The van der Waals surface area contributed by atoms with E-state index in [2.05, 4.69) is 40.4 Å². The van der Waals surface area contributed by atoms with Gasteiger partial charge in [0.2, 0.25) is 5.91 Å². The van der Waals surface area contributed by atoms with Crippen LogP contribution in [0.5, 0.6) is 0 Å². The Bertz CT molecular complexity index is 1130. The van der Waals surface area contributed by atoms with Crippen LogP contribution >= 0.6 is 0 Å². The Morgan fingerprint density at radius 3 is 2.26 bits per heavy atom. The predicted molar refractivity (Wildman–Crippen MR) is 130 cm³/mol. The van der Waals surface area contributed by atoms with Gasteiger partial charge in [-0.15, -0.1) is 10.2 Å². The summed E-state index contributed by atoms with van der Waals surface area (Å²) in [7, 11) is 0. The zero-order chi connectivity index (χ0) is 23.5. The Morgan fingerprint density at radius 2 is 1.59 bits per heavy atom. The van der Waals surface area contributed by atoms with Crippen molar-refractivity contribution in [1.29, 1.82) is 0 Å². The molecule has 0 atom stereocenters. The molecule has 5 heterocycles. The maximum atomic E-state index is 12.9. The summed E-state index contributed by atoms with van der Waals surface area (Å²) in [6.07, 6.45) is 6.69. The summed E-state index contributed by atoms with van der Waals surface area (Å²) in [6, 6.07) is 7.82. The molecule has 1 N–H and O–H groups in total. The van der Waals surface area contributed by atoms with Crippen molar-refractivity contribution in [3.05, 3.63) is 42.0 Å². The Balaban J connectivity index is 1.16. The first kappa shape index (κ1) is 22.2. The number of aryl methyl sites for hydroxylation is 2. The molecule has 178 valence electrons. The summed E-state index contributed by atoms with van der Waals surface area (Å²) in [4.78, 5) is 26.0. The van der Waals surface area contributed by atoms with Gasteiger partial charge >= 0.3 is 0 Å². The maximum Gasteiger partial charge on any atom is 0.228 e. The van der Waals surface area contributed by atoms with Crippen molar-refractivity contribution in [3.8, 4) is 5.82 Å². The second-order valence-electron chi connectivity index (χ2n) is 9.15. The summed E-state index contributed by atoms with van der Waals surface area (Å²) in [6.45, 7) is 7.50. The van der Waals surface area contributed by atoms with Gasteiger partial charge in [-0.05, 0) is 64.2 Å². The zero-order valence-electron chi connectivity index (χ0n) is 19.8. The molecule has 0 spiro atoms. The molecule has 0 bridgehead atoms. The van der Waals surface area contributed by atoms with E-state index in [1.54, 1.807) is 4.68 Å².